The number of carboxylic acid groups (broad SMARTS) is 1. The van der Waals surface area contributed by atoms with Crippen LogP contribution in [0.2, 0.25) is 0 Å². The maximum Gasteiger partial charge on any atom is 0.305 e. The van der Waals surface area contributed by atoms with E-state index in [1.165, 1.54) is 0 Å². The second kappa shape index (κ2) is 4.41. The lowest BCUT2D eigenvalue weighted by atomic mass is 10.1. The predicted molar refractivity (Wildman–Crippen MR) is 50.6 cm³/mol. The van der Waals surface area contributed by atoms with Gasteiger partial charge in [-0.3, -0.25) is 9.59 Å². The van der Waals surface area contributed by atoms with Gasteiger partial charge in [0.2, 0.25) is 5.91 Å². The van der Waals surface area contributed by atoms with Crippen LogP contribution in [0.5, 0.6) is 0 Å². The van der Waals surface area contributed by atoms with Gasteiger partial charge in [0.05, 0.1) is 12.5 Å². The first kappa shape index (κ1) is 11.0. The molecule has 80 valence electrons. The second-order valence-electron chi connectivity index (χ2n) is 3.84. The molecule has 0 spiro atoms. The van der Waals surface area contributed by atoms with Crippen molar-refractivity contribution in [3.8, 4) is 0 Å². The number of nitrogens with one attached hydrogen (secondary N) is 1. The van der Waals surface area contributed by atoms with E-state index >= 15 is 0 Å². The Bertz CT molecular complexity index is 236. The third-order valence-corrected chi connectivity index (χ3v) is 2.33. The van der Waals surface area contributed by atoms with E-state index in [9.17, 15) is 9.59 Å². The minimum Gasteiger partial charge on any atom is -0.481 e. The van der Waals surface area contributed by atoms with Gasteiger partial charge >= 0.3 is 5.97 Å². The fraction of sp³-hybridized carbons (Fsp3) is 0.778. The van der Waals surface area contributed by atoms with Crippen molar-refractivity contribution in [2.24, 2.45) is 11.7 Å². The maximum absolute atomic E-state index is 11.2. The largest absolute Gasteiger partial charge is 0.481 e. The number of aliphatic carboxylic acids is 1. The Labute approximate surface area is 82.7 Å². The number of rotatable bonds is 5. The molecule has 5 nitrogen and oxygen atoms in total. The van der Waals surface area contributed by atoms with Crippen LogP contribution in [0.15, 0.2) is 0 Å². The highest BCUT2D eigenvalue weighted by Crippen LogP contribution is 2.33. The summed E-state index contributed by atoms with van der Waals surface area (Å²) in [6, 6.07) is -0.823. The molecule has 0 saturated heterocycles. The quantitative estimate of drug-likeness (QED) is 0.568. The minimum atomic E-state index is -0.883. The summed E-state index contributed by atoms with van der Waals surface area (Å²) in [6.45, 7) is 1.58. The van der Waals surface area contributed by atoms with E-state index in [4.69, 9.17) is 10.8 Å². The van der Waals surface area contributed by atoms with Gasteiger partial charge in [0.25, 0.3) is 0 Å². The summed E-state index contributed by atoms with van der Waals surface area (Å²) in [5.74, 6) is -0.830. The summed E-state index contributed by atoms with van der Waals surface area (Å²) >= 11 is 0. The lowest BCUT2D eigenvalue weighted by Gasteiger charge is -2.17. The smallest absolute Gasteiger partial charge is 0.305 e. The normalized spacial score (nSPS) is 19.9. The Balaban J connectivity index is 2.42. The van der Waals surface area contributed by atoms with Crippen LogP contribution in [0.4, 0.5) is 0 Å². The van der Waals surface area contributed by atoms with E-state index in [2.05, 4.69) is 5.32 Å². The van der Waals surface area contributed by atoms with Gasteiger partial charge in [-0.2, -0.15) is 0 Å². The van der Waals surface area contributed by atoms with Crippen LogP contribution in [0.1, 0.15) is 26.2 Å². The fourth-order valence-electron chi connectivity index (χ4n) is 1.34. The Kier molecular flexibility index (Phi) is 3.46. The summed E-state index contributed by atoms with van der Waals surface area (Å²) in [6.07, 6.45) is 1.98. The highest BCUT2D eigenvalue weighted by Gasteiger charge is 2.33. The molecule has 1 rings (SSSR count). The first-order chi connectivity index (χ1) is 6.50. The van der Waals surface area contributed by atoms with E-state index in [-0.39, 0.29) is 18.4 Å². The van der Waals surface area contributed by atoms with Crippen LogP contribution >= 0.6 is 0 Å². The van der Waals surface area contributed by atoms with Gasteiger partial charge in [-0.25, -0.2) is 0 Å². The number of carboxylic acids is 1. The zero-order valence-electron chi connectivity index (χ0n) is 8.19. The number of hydrogen-bond acceptors (Lipinski definition) is 3. The maximum atomic E-state index is 11.2. The molecule has 2 atom stereocenters. The molecule has 0 bridgehead atoms. The fourth-order valence-corrected chi connectivity index (χ4v) is 1.34. The molecule has 0 radical (unpaired) electrons. The van der Waals surface area contributed by atoms with E-state index in [1.54, 1.807) is 6.92 Å². The summed E-state index contributed by atoms with van der Waals surface area (Å²) < 4.78 is 0. The molecular formula is C9H16N2O3. The standard InChI is InChI=1S/C9H16N2O3/c1-5(10)9(14)11-7(4-8(12)13)6-2-3-6/h5-7H,2-4,10H2,1H3,(H,11,14)(H,12,13). The van der Waals surface area contributed by atoms with Crippen LogP contribution in [0, 0.1) is 5.92 Å². The summed E-state index contributed by atoms with van der Waals surface area (Å²) in [5.41, 5.74) is 5.38. The lowest BCUT2D eigenvalue weighted by molar-refractivity contribution is -0.138. The van der Waals surface area contributed by atoms with Crippen molar-refractivity contribution >= 4 is 11.9 Å². The second-order valence-corrected chi connectivity index (χ2v) is 3.84. The molecule has 4 N–H and O–H groups in total. The predicted octanol–water partition coefficient (Wildman–Crippen LogP) is -0.297. The molecule has 1 aliphatic carbocycles. The Morgan fingerprint density at radius 3 is 2.50 bits per heavy atom. The molecule has 0 aliphatic heterocycles. The SMILES string of the molecule is CC(N)C(=O)NC(CC(=O)O)C1CC1. The molecule has 5 heteroatoms. The van der Waals surface area contributed by atoms with Crippen LogP contribution in [-0.2, 0) is 9.59 Å². The third kappa shape index (κ3) is 3.33. The van der Waals surface area contributed by atoms with E-state index in [0.29, 0.717) is 5.92 Å². The molecular weight excluding hydrogens is 184 g/mol. The first-order valence-corrected chi connectivity index (χ1v) is 4.78. The van der Waals surface area contributed by atoms with Crippen molar-refractivity contribution in [2.75, 3.05) is 0 Å². The molecule has 0 aromatic heterocycles. The molecule has 0 heterocycles. The Hall–Kier alpha value is -1.10. The summed E-state index contributed by atoms with van der Waals surface area (Å²) in [4.78, 5) is 21.7. The number of carbonyl (C=O) groups excluding carboxylic acids is 1. The van der Waals surface area contributed by atoms with Crippen LogP contribution in [0.25, 0.3) is 0 Å². The van der Waals surface area contributed by atoms with Crippen LogP contribution in [-0.4, -0.2) is 29.1 Å². The average Bonchev–Trinajstić information content (AvgIpc) is 2.83. The Morgan fingerprint density at radius 2 is 2.14 bits per heavy atom. The first-order valence-electron chi connectivity index (χ1n) is 4.78. The molecule has 14 heavy (non-hydrogen) atoms. The van der Waals surface area contributed by atoms with Crippen molar-refractivity contribution in [3.63, 3.8) is 0 Å². The highest BCUT2D eigenvalue weighted by atomic mass is 16.4. The van der Waals surface area contributed by atoms with Gasteiger partial charge < -0.3 is 16.2 Å². The Morgan fingerprint density at radius 1 is 1.57 bits per heavy atom. The lowest BCUT2D eigenvalue weighted by Crippen LogP contribution is -2.45. The number of nitrogens with two attached hydrogens (primary N) is 1. The molecule has 2 unspecified atom stereocenters. The summed E-state index contributed by atoms with van der Waals surface area (Å²) in [7, 11) is 0. The average molecular weight is 200 g/mol. The topological polar surface area (TPSA) is 92.4 Å². The summed E-state index contributed by atoms with van der Waals surface area (Å²) in [5, 5.41) is 11.3. The van der Waals surface area contributed by atoms with E-state index < -0.39 is 12.0 Å². The van der Waals surface area contributed by atoms with E-state index in [1.807, 2.05) is 0 Å². The molecule has 0 aromatic rings. The zero-order chi connectivity index (χ0) is 10.7. The molecule has 1 fully saturated rings. The van der Waals surface area contributed by atoms with Gasteiger partial charge in [0.15, 0.2) is 0 Å². The van der Waals surface area contributed by atoms with Crippen LogP contribution < -0.4 is 11.1 Å². The van der Waals surface area contributed by atoms with Crippen molar-refractivity contribution in [3.05, 3.63) is 0 Å². The van der Waals surface area contributed by atoms with Gasteiger partial charge in [0, 0.05) is 6.04 Å². The number of carbonyl (C=O) groups is 2. The zero-order valence-corrected chi connectivity index (χ0v) is 8.19. The van der Waals surface area contributed by atoms with Gasteiger partial charge in [-0.15, -0.1) is 0 Å². The molecule has 1 aliphatic rings. The molecule has 1 amide bonds. The van der Waals surface area contributed by atoms with Gasteiger partial charge in [-0.1, -0.05) is 0 Å². The van der Waals surface area contributed by atoms with Gasteiger partial charge in [-0.05, 0) is 25.7 Å². The third-order valence-electron chi connectivity index (χ3n) is 2.33. The van der Waals surface area contributed by atoms with Crippen molar-refractivity contribution in [1.82, 2.24) is 5.32 Å². The van der Waals surface area contributed by atoms with Crippen molar-refractivity contribution in [2.45, 2.75) is 38.3 Å². The van der Waals surface area contributed by atoms with E-state index in [0.717, 1.165) is 12.8 Å². The van der Waals surface area contributed by atoms with Crippen molar-refractivity contribution < 1.29 is 14.7 Å². The highest BCUT2D eigenvalue weighted by molar-refractivity contribution is 5.82. The van der Waals surface area contributed by atoms with Crippen molar-refractivity contribution in [1.29, 1.82) is 0 Å². The monoisotopic (exact) mass is 200 g/mol. The molecule has 0 aromatic carbocycles. The van der Waals surface area contributed by atoms with Crippen LogP contribution in [0.3, 0.4) is 0 Å². The number of amides is 1. The minimum absolute atomic E-state index is 0.0108. The number of hydrogen-bond donors (Lipinski definition) is 3. The van der Waals surface area contributed by atoms with Gasteiger partial charge in [0.1, 0.15) is 0 Å². The molecule has 1 saturated carbocycles.